The zero-order valence-corrected chi connectivity index (χ0v) is 9.61. The summed E-state index contributed by atoms with van der Waals surface area (Å²) in [6, 6.07) is 1.95. The highest BCUT2D eigenvalue weighted by Crippen LogP contribution is 2.24. The first-order valence-electron chi connectivity index (χ1n) is 5.41. The molecule has 6 heteroatoms. The molecular weight excluding hydrogens is 220 g/mol. The molecule has 0 spiro atoms. The lowest BCUT2D eigenvalue weighted by atomic mass is 10.2. The molecule has 6 nitrogen and oxygen atoms in total. The highest BCUT2D eigenvalue weighted by Gasteiger charge is 2.35. The molecule has 1 fully saturated rings. The molecule has 1 saturated heterocycles. The molecule has 2 heterocycles. The maximum atomic E-state index is 11.6. The van der Waals surface area contributed by atoms with Crippen LogP contribution in [0.1, 0.15) is 12.5 Å². The first-order chi connectivity index (χ1) is 8.26. The van der Waals surface area contributed by atoms with Crippen LogP contribution < -0.4 is 0 Å². The van der Waals surface area contributed by atoms with Gasteiger partial charge in [0.1, 0.15) is 6.42 Å². The van der Waals surface area contributed by atoms with Crippen molar-refractivity contribution in [2.24, 2.45) is 0 Å². The minimum absolute atomic E-state index is 0.0492. The molecule has 1 aromatic heterocycles. The summed E-state index contributed by atoms with van der Waals surface area (Å²) >= 11 is 0. The molecule has 0 aromatic carbocycles. The zero-order chi connectivity index (χ0) is 12.3. The highest BCUT2D eigenvalue weighted by molar-refractivity contribution is 5.78. The number of amides is 1. The molecule has 1 aromatic rings. The van der Waals surface area contributed by atoms with Crippen LogP contribution >= 0.6 is 0 Å². The van der Waals surface area contributed by atoms with Gasteiger partial charge in [0.2, 0.25) is 5.91 Å². The Hall–Kier alpha value is -1.87. The molecule has 0 saturated carbocycles. The smallest absolute Gasteiger partial charge is 0.236 e. The molecule has 1 aliphatic rings. The molecule has 2 atom stereocenters. The first-order valence-corrected chi connectivity index (χ1v) is 5.41. The molecule has 1 aliphatic heterocycles. The van der Waals surface area contributed by atoms with Gasteiger partial charge in [0, 0.05) is 32.6 Å². The van der Waals surface area contributed by atoms with Crippen LogP contribution in [0.4, 0.5) is 0 Å². The van der Waals surface area contributed by atoms with Crippen LogP contribution in [0.15, 0.2) is 18.7 Å². The molecule has 0 aliphatic carbocycles. The summed E-state index contributed by atoms with van der Waals surface area (Å²) in [5.74, 6) is -0.142. The lowest BCUT2D eigenvalue weighted by Crippen LogP contribution is -2.29. The second-order valence-corrected chi connectivity index (χ2v) is 3.99. The fourth-order valence-electron chi connectivity index (χ4n) is 2.12. The fraction of sp³-hybridized carbons (Fsp3) is 0.545. The summed E-state index contributed by atoms with van der Waals surface area (Å²) in [5, 5.41) is 8.53. The van der Waals surface area contributed by atoms with Gasteiger partial charge in [0.15, 0.2) is 0 Å². The second-order valence-electron chi connectivity index (χ2n) is 3.99. The summed E-state index contributed by atoms with van der Waals surface area (Å²) in [7, 11) is 1.63. The predicted octanol–water partition coefficient (Wildman–Crippen LogP) is 0.195. The van der Waals surface area contributed by atoms with Crippen molar-refractivity contribution < 1.29 is 9.53 Å². The Morgan fingerprint density at radius 1 is 1.65 bits per heavy atom. The van der Waals surface area contributed by atoms with Crippen molar-refractivity contribution >= 4 is 5.91 Å². The topological polar surface area (TPSA) is 71.2 Å². The Labute approximate surface area is 99.4 Å². The molecule has 0 N–H and O–H groups in total. The molecule has 17 heavy (non-hydrogen) atoms. The summed E-state index contributed by atoms with van der Waals surface area (Å²) in [6.07, 6.45) is 5.15. The second kappa shape index (κ2) is 4.97. The van der Waals surface area contributed by atoms with E-state index in [1.54, 1.807) is 24.5 Å². The van der Waals surface area contributed by atoms with E-state index in [1.807, 2.05) is 16.8 Å². The van der Waals surface area contributed by atoms with Gasteiger partial charge in [-0.1, -0.05) is 0 Å². The van der Waals surface area contributed by atoms with Crippen LogP contribution in [-0.4, -0.2) is 46.7 Å². The number of likely N-dealkylation sites (tertiary alicyclic amines) is 1. The number of carbonyl (C=O) groups is 1. The Bertz CT molecular complexity index is 423. The van der Waals surface area contributed by atoms with Gasteiger partial charge in [-0.25, -0.2) is 4.98 Å². The standard InChI is InChI=1S/C11H14N4O2/c1-17-10-7-15(11(16)2-3-12)6-9(10)14-5-4-13-8-14/h4-5,8-10H,2,6-7H2,1H3/t9-,10-/m1/s1. The van der Waals surface area contributed by atoms with E-state index in [9.17, 15) is 4.79 Å². The first kappa shape index (κ1) is 11.6. The number of imidazole rings is 1. The highest BCUT2D eigenvalue weighted by atomic mass is 16.5. The molecule has 2 rings (SSSR count). The van der Waals surface area contributed by atoms with Crippen LogP contribution in [0.3, 0.4) is 0 Å². The quantitative estimate of drug-likeness (QED) is 0.748. The molecule has 90 valence electrons. The molecule has 0 unspecified atom stereocenters. The molecule has 1 amide bonds. The SMILES string of the molecule is CO[C@@H]1CN(C(=O)CC#N)C[C@H]1n1ccnc1. The van der Waals surface area contributed by atoms with Gasteiger partial charge in [-0.05, 0) is 0 Å². The van der Waals surface area contributed by atoms with Gasteiger partial charge in [-0.2, -0.15) is 5.26 Å². The number of hydrogen-bond acceptors (Lipinski definition) is 4. The van der Waals surface area contributed by atoms with Crippen molar-refractivity contribution in [1.29, 1.82) is 5.26 Å². The van der Waals surface area contributed by atoms with E-state index in [-0.39, 0.29) is 24.5 Å². The zero-order valence-electron chi connectivity index (χ0n) is 9.61. The van der Waals surface area contributed by atoms with Crippen molar-refractivity contribution in [3.63, 3.8) is 0 Å². The van der Waals surface area contributed by atoms with Crippen LogP contribution in [0.5, 0.6) is 0 Å². The van der Waals surface area contributed by atoms with Gasteiger partial charge >= 0.3 is 0 Å². The van der Waals surface area contributed by atoms with Gasteiger partial charge in [-0.3, -0.25) is 4.79 Å². The number of rotatable bonds is 3. The third-order valence-electron chi connectivity index (χ3n) is 3.03. The van der Waals surface area contributed by atoms with Crippen molar-refractivity contribution in [2.45, 2.75) is 18.6 Å². The number of hydrogen-bond donors (Lipinski definition) is 0. The molecule has 0 radical (unpaired) electrons. The number of nitrogens with zero attached hydrogens (tertiary/aromatic N) is 4. The van der Waals surface area contributed by atoms with E-state index in [4.69, 9.17) is 10.00 Å². The summed E-state index contributed by atoms with van der Waals surface area (Å²) < 4.78 is 7.32. The summed E-state index contributed by atoms with van der Waals surface area (Å²) in [4.78, 5) is 17.3. The van der Waals surface area contributed by atoms with E-state index in [0.717, 1.165) is 0 Å². The van der Waals surface area contributed by atoms with E-state index >= 15 is 0 Å². The van der Waals surface area contributed by atoms with Crippen molar-refractivity contribution in [2.75, 3.05) is 20.2 Å². The Morgan fingerprint density at radius 2 is 2.47 bits per heavy atom. The fourth-order valence-corrected chi connectivity index (χ4v) is 2.12. The van der Waals surface area contributed by atoms with Gasteiger partial charge in [0.25, 0.3) is 0 Å². The maximum Gasteiger partial charge on any atom is 0.236 e. The number of ether oxygens (including phenoxy) is 1. The van der Waals surface area contributed by atoms with Crippen LogP contribution in [0.2, 0.25) is 0 Å². The Balaban J connectivity index is 2.09. The van der Waals surface area contributed by atoms with E-state index < -0.39 is 0 Å². The third-order valence-corrected chi connectivity index (χ3v) is 3.03. The third kappa shape index (κ3) is 2.29. The summed E-state index contributed by atoms with van der Waals surface area (Å²) in [6.45, 7) is 1.09. The van der Waals surface area contributed by atoms with Gasteiger partial charge < -0.3 is 14.2 Å². The van der Waals surface area contributed by atoms with Gasteiger partial charge in [-0.15, -0.1) is 0 Å². The maximum absolute atomic E-state index is 11.6. The van der Waals surface area contributed by atoms with E-state index in [2.05, 4.69) is 4.98 Å². The van der Waals surface area contributed by atoms with Crippen molar-refractivity contribution in [3.05, 3.63) is 18.7 Å². The summed E-state index contributed by atoms with van der Waals surface area (Å²) in [5.41, 5.74) is 0. The molecule has 0 bridgehead atoms. The minimum Gasteiger partial charge on any atom is -0.377 e. The monoisotopic (exact) mass is 234 g/mol. The lowest BCUT2D eigenvalue weighted by molar-refractivity contribution is -0.129. The van der Waals surface area contributed by atoms with Crippen molar-refractivity contribution in [1.82, 2.24) is 14.5 Å². The van der Waals surface area contributed by atoms with Crippen molar-refractivity contribution in [3.8, 4) is 6.07 Å². The van der Waals surface area contributed by atoms with Crippen LogP contribution in [0, 0.1) is 11.3 Å². The van der Waals surface area contributed by atoms with Crippen LogP contribution in [0.25, 0.3) is 0 Å². The number of aromatic nitrogens is 2. The van der Waals surface area contributed by atoms with Gasteiger partial charge in [0.05, 0.1) is 24.5 Å². The largest absolute Gasteiger partial charge is 0.377 e. The number of methoxy groups -OCH3 is 1. The predicted molar refractivity (Wildman–Crippen MR) is 58.9 cm³/mol. The minimum atomic E-state index is -0.142. The average Bonchev–Trinajstić information content (AvgIpc) is 2.97. The number of nitriles is 1. The van der Waals surface area contributed by atoms with E-state index in [0.29, 0.717) is 13.1 Å². The number of carbonyl (C=O) groups excluding carboxylic acids is 1. The van der Waals surface area contributed by atoms with Crippen LogP contribution in [-0.2, 0) is 9.53 Å². The Morgan fingerprint density at radius 3 is 3.06 bits per heavy atom. The normalized spacial score (nSPS) is 23.6. The van der Waals surface area contributed by atoms with E-state index in [1.165, 1.54) is 0 Å². The Kier molecular flexibility index (Phi) is 3.40. The lowest BCUT2D eigenvalue weighted by Gasteiger charge is -2.17. The average molecular weight is 234 g/mol. The molecular formula is C11H14N4O2.